The third kappa shape index (κ3) is 3.43. The molecule has 0 spiro atoms. The number of nitrogens with zero attached hydrogens (tertiary/aromatic N) is 1. The zero-order valence-corrected chi connectivity index (χ0v) is 10.7. The van der Waals surface area contributed by atoms with Crippen LogP contribution in [-0.2, 0) is 9.59 Å². The predicted octanol–water partition coefficient (Wildman–Crippen LogP) is 0.504. The molecule has 2 N–H and O–H groups in total. The van der Waals surface area contributed by atoms with E-state index in [1.165, 1.54) is 11.0 Å². The smallest absolute Gasteiger partial charge is 0.242 e. The van der Waals surface area contributed by atoms with Gasteiger partial charge in [0, 0.05) is 13.1 Å². The molecular formula is C13H16FN3O2. The first-order valence-corrected chi connectivity index (χ1v) is 6.11. The van der Waals surface area contributed by atoms with E-state index in [1.807, 2.05) is 0 Å². The zero-order chi connectivity index (χ0) is 13.8. The molecule has 0 aromatic heterocycles. The fraction of sp³-hybridized carbons (Fsp3) is 0.385. The van der Waals surface area contributed by atoms with E-state index in [2.05, 4.69) is 10.6 Å². The Hall–Kier alpha value is -2.11. The molecule has 1 aliphatic heterocycles. The van der Waals surface area contributed by atoms with Gasteiger partial charge in [-0.25, -0.2) is 4.39 Å². The molecule has 102 valence electrons. The number of carbonyl (C=O) groups excluding carboxylic acids is 2. The molecule has 19 heavy (non-hydrogen) atoms. The Morgan fingerprint density at radius 2 is 2.32 bits per heavy atom. The summed E-state index contributed by atoms with van der Waals surface area (Å²) < 4.78 is 13.6. The molecular weight excluding hydrogens is 249 g/mol. The van der Waals surface area contributed by atoms with Crippen LogP contribution in [0.5, 0.6) is 0 Å². The van der Waals surface area contributed by atoms with Crippen LogP contribution in [0.2, 0.25) is 0 Å². The van der Waals surface area contributed by atoms with E-state index >= 15 is 0 Å². The average molecular weight is 265 g/mol. The van der Waals surface area contributed by atoms with Gasteiger partial charge in [-0.05, 0) is 24.6 Å². The summed E-state index contributed by atoms with van der Waals surface area (Å²) in [7, 11) is 0. The number of hydrogen-bond donors (Lipinski definition) is 2. The molecule has 1 fully saturated rings. The van der Waals surface area contributed by atoms with E-state index in [-0.39, 0.29) is 30.7 Å². The molecule has 1 aliphatic rings. The molecule has 0 atom stereocenters. The lowest BCUT2D eigenvalue weighted by molar-refractivity contribution is -0.136. The molecule has 0 bridgehead atoms. The highest BCUT2D eigenvalue weighted by Gasteiger charge is 2.20. The minimum absolute atomic E-state index is 0.0206. The molecule has 0 unspecified atom stereocenters. The first kappa shape index (κ1) is 13.3. The van der Waals surface area contributed by atoms with E-state index in [9.17, 15) is 14.0 Å². The highest BCUT2D eigenvalue weighted by molar-refractivity contribution is 5.87. The summed E-state index contributed by atoms with van der Waals surface area (Å²) in [6, 6.07) is 4.77. The molecule has 0 radical (unpaired) electrons. The van der Waals surface area contributed by atoms with Crippen LogP contribution >= 0.6 is 0 Å². The number of rotatable bonds is 3. The van der Waals surface area contributed by atoms with Crippen molar-refractivity contribution in [3.05, 3.63) is 29.6 Å². The SMILES string of the molecule is Cc1ccc(NCC(=O)N2CCNC(=O)C2)c(F)c1. The van der Waals surface area contributed by atoms with E-state index in [1.54, 1.807) is 19.1 Å². The zero-order valence-electron chi connectivity index (χ0n) is 10.7. The van der Waals surface area contributed by atoms with Gasteiger partial charge in [-0.3, -0.25) is 9.59 Å². The van der Waals surface area contributed by atoms with Gasteiger partial charge in [-0.15, -0.1) is 0 Å². The Morgan fingerprint density at radius 1 is 1.53 bits per heavy atom. The molecule has 1 heterocycles. The van der Waals surface area contributed by atoms with Crippen LogP contribution < -0.4 is 10.6 Å². The van der Waals surface area contributed by atoms with Crippen molar-refractivity contribution in [2.45, 2.75) is 6.92 Å². The fourth-order valence-corrected chi connectivity index (χ4v) is 1.90. The van der Waals surface area contributed by atoms with Gasteiger partial charge in [0.1, 0.15) is 5.82 Å². The monoisotopic (exact) mass is 265 g/mol. The lowest BCUT2D eigenvalue weighted by Crippen LogP contribution is -2.51. The molecule has 1 aromatic rings. The van der Waals surface area contributed by atoms with Crippen LogP contribution in [0.1, 0.15) is 5.56 Å². The Bertz CT molecular complexity index is 505. The number of carbonyl (C=O) groups is 2. The normalized spacial score (nSPS) is 15.1. The second kappa shape index (κ2) is 5.69. The molecule has 2 rings (SSSR count). The van der Waals surface area contributed by atoms with Crippen molar-refractivity contribution < 1.29 is 14.0 Å². The third-order valence-corrected chi connectivity index (χ3v) is 2.95. The second-order valence-electron chi connectivity index (χ2n) is 4.50. The largest absolute Gasteiger partial charge is 0.374 e. The van der Waals surface area contributed by atoms with Gasteiger partial charge in [0.2, 0.25) is 11.8 Å². The Kier molecular flexibility index (Phi) is 3.99. The van der Waals surface area contributed by atoms with Crippen molar-refractivity contribution in [1.82, 2.24) is 10.2 Å². The van der Waals surface area contributed by atoms with Crippen molar-refractivity contribution >= 4 is 17.5 Å². The summed E-state index contributed by atoms with van der Waals surface area (Å²) in [6.07, 6.45) is 0. The van der Waals surface area contributed by atoms with Crippen LogP contribution in [0, 0.1) is 12.7 Å². The van der Waals surface area contributed by atoms with Gasteiger partial charge in [-0.1, -0.05) is 6.07 Å². The molecule has 1 saturated heterocycles. The quantitative estimate of drug-likeness (QED) is 0.837. The number of piperazine rings is 1. The minimum atomic E-state index is -0.385. The summed E-state index contributed by atoms with van der Waals surface area (Å²) in [5.74, 6) is -0.764. The second-order valence-corrected chi connectivity index (χ2v) is 4.50. The van der Waals surface area contributed by atoms with Crippen molar-refractivity contribution in [1.29, 1.82) is 0 Å². The summed E-state index contributed by atoms with van der Waals surface area (Å²) in [4.78, 5) is 24.5. The number of nitrogens with one attached hydrogen (secondary N) is 2. The summed E-state index contributed by atoms with van der Waals surface area (Å²) in [5, 5.41) is 5.40. The van der Waals surface area contributed by atoms with Crippen molar-refractivity contribution in [2.75, 3.05) is 31.5 Å². The molecule has 5 nitrogen and oxygen atoms in total. The molecule has 6 heteroatoms. The number of halogens is 1. The van der Waals surface area contributed by atoms with Crippen LogP contribution in [0.15, 0.2) is 18.2 Å². The summed E-state index contributed by atoms with van der Waals surface area (Å²) >= 11 is 0. The van der Waals surface area contributed by atoms with Gasteiger partial charge in [-0.2, -0.15) is 0 Å². The number of benzene rings is 1. The summed E-state index contributed by atoms with van der Waals surface area (Å²) in [6.45, 7) is 2.79. The maximum atomic E-state index is 13.6. The molecule has 1 aromatic carbocycles. The average Bonchev–Trinajstić information content (AvgIpc) is 2.37. The van der Waals surface area contributed by atoms with E-state index < -0.39 is 0 Å². The first-order valence-electron chi connectivity index (χ1n) is 6.11. The van der Waals surface area contributed by atoms with Crippen molar-refractivity contribution in [3.63, 3.8) is 0 Å². The van der Waals surface area contributed by atoms with E-state index in [0.717, 1.165) is 5.56 Å². The fourth-order valence-electron chi connectivity index (χ4n) is 1.90. The molecule has 2 amide bonds. The lowest BCUT2D eigenvalue weighted by Gasteiger charge is -2.26. The van der Waals surface area contributed by atoms with Crippen LogP contribution in [0.25, 0.3) is 0 Å². The molecule has 0 aliphatic carbocycles. The van der Waals surface area contributed by atoms with Gasteiger partial charge >= 0.3 is 0 Å². The van der Waals surface area contributed by atoms with Crippen molar-refractivity contribution in [2.24, 2.45) is 0 Å². The van der Waals surface area contributed by atoms with E-state index in [4.69, 9.17) is 0 Å². The standard InChI is InChI=1S/C13H16FN3O2/c1-9-2-3-11(10(14)6-9)16-7-13(19)17-5-4-15-12(18)8-17/h2-3,6,16H,4-5,7-8H2,1H3,(H,15,18). The Balaban J connectivity index is 1.91. The third-order valence-electron chi connectivity index (χ3n) is 2.95. The van der Waals surface area contributed by atoms with Crippen molar-refractivity contribution in [3.8, 4) is 0 Å². The van der Waals surface area contributed by atoms with Gasteiger partial charge in [0.05, 0.1) is 18.8 Å². The Morgan fingerprint density at radius 3 is 3.00 bits per heavy atom. The maximum absolute atomic E-state index is 13.6. The highest BCUT2D eigenvalue weighted by Crippen LogP contribution is 2.14. The topological polar surface area (TPSA) is 61.4 Å². The molecule has 0 saturated carbocycles. The lowest BCUT2D eigenvalue weighted by atomic mass is 10.2. The predicted molar refractivity (Wildman–Crippen MR) is 69.2 cm³/mol. The Labute approximate surface area is 110 Å². The van der Waals surface area contributed by atoms with Crippen LogP contribution in [-0.4, -0.2) is 42.9 Å². The number of anilines is 1. The van der Waals surface area contributed by atoms with Gasteiger partial charge in [0.25, 0.3) is 0 Å². The highest BCUT2D eigenvalue weighted by atomic mass is 19.1. The number of aryl methyl sites for hydroxylation is 1. The first-order chi connectivity index (χ1) is 9.06. The van der Waals surface area contributed by atoms with E-state index in [0.29, 0.717) is 18.8 Å². The van der Waals surface area contributed by atoms with Gasteiger partial charge < -0.3 is 15.5 Å². The maximum Gasteiger partial charge on any atom is 0.242 e. The summed E-state index contributed by atoms with van der Waals surface area (Å²) in [5.41, 5.74) is 1.11. The minimum Gasteiger partial charge on any atom is -0.374 e. The number of hydrogen-bond acceptors (Lipinski definition) is 3. The number of amides is 2. The van der Waals surface area contributed by atoms with Crippen LogP contribution in [0.3, 0.4) is 0 Å². The van der Waals surface area contributed by atoms with Gasteiger partial charge in [0.15, 0.2) is 0 Å². The van der Waals surface area contributed by atoms with Crippen LogP contribution in [0.4, 0.5) is 10.1 Å².